The fourth-order valence-electron chi connectivity index (χ4n) is 4.94. The Labute approximate surface area is 182 Å². The number of benzene rings is 2. The molecule has 2 aromatic rings. The largest absolute Gasteiger partial charge is 0.454 e. The highest BCUT2D eigenvalue weighted by Crippen LogP contribution is 2.37. The molecule has 1 saturated carbocycles. The Balaban J connectivity index is 1.32. The molecule has 0 spiro atoms. The molecule has 1 aliphatic carbocycles. The van der Waals surface area contributed by atoms with Gasteiger partial charge in [-0.15, -0.1) is 0 Å². The Hall–Kier alpha value is -2.74. The van der Waals surface area contributed by atoms with Gasteiger partial charge >= 0.3 is 0 Å². The third-order valence-corrected chi connectivity index (χ3v) is 7.97. The molecule has 31 heavy (non-hydrogen) atoms. The summed E-state index contributed by atoms with van der Waals surface area (Å²) >= 11 is 0. The van der Waals surface area contributed by atoms with Gasteiger partial charge in [0.25, 0.3) is 15.9 Å². The molecule has 2 aromatic carbocycles. The van der Waals surface area contributed by atoms with Crippen molar-refractivity contribution in [1.82, 2.24) is 4.90 Å². The maximum atomic E-state index is 13.1. The summed E-state index contributed by atoms with van der Waals surface area (Å²) in [5.41, 5.74) is 0.781. The fourth-order valence-corrected chi connectivity index (χ4v) is 6.03. The number of nitrogens with one attached hydrogen (secondary N) is 1. The number of piperidine rings is 1. The van der Waals surface area contributed by atoms with E-state index in [1.165, 1.54) is 37.8 Å². The molecular formula is C23H26N2O5S. The summed E-state index contributed by atoms with van der Waals surface area (Å²) in [6.07, 6.45) is 6.03. The van der Waals surface area contributed by atoms with Gasteiger partial charge in [0.2, 0.25) is 6.79 Å². The van der Waals surface area contributed by atoms with Gasteiger partial charge in [0.15, 0.2) is 11.5 Å². The number of rotatable bonds is 4. The minimum absolute atomic E-state index is 0.0589. The molecule has 2 fully saturated rings. The van der Waals surface area contributed by atoms with Crippen LogP contribution in [0.15, 0.2) is 47.4 Å². The van der Waals surface area contributed by atoms with Crippen molar-refractivity contribution in [3.8, 4) is 11.5 Å². The number of sulfonamides is 1. The third kappa shape index (κ3) is 4.08. The number of anilines is 1. The Morgan fingerprint density at radius 3 is 2.65 bits per heavy atom. The van der Waals surface area contributed by atoms with E-state index in [1.54, 1.807) is 30.3 Å². The van der Waals surface area contributed by atoms with Crippen molar-refractivity contribution in [3.63, 3.8) is 0 Å². The van der Waals surface area contributed by atoms with Crippen molar-refractivity contribution in [2.45, 2.75) is 37.0 Å². The zero-order valence-electron chi connectivity index (χ0n) is 17.2. The second-order valence-electron chi connectivity index (χ2n) is 8.55. The molecule has 8 heteroatoms. The van der Waals surface area contributed by atoms with E-state index >= 15 is 0 Å². The van der Waals surface area contributed by atoms with Gasteiger partial charge in [-0.3, -0.25) is 9.52 Å². The molecule has 1 N–H and O–H groups in total. The van der Waals surface area contributed by atoms with E-state index in [2.05, 4.69) is 4.72 Å². The summed E-state index contributed by atoms with van der Waals surface area (Å²) in [7, 11) is -3.85. The molecule has 3 aliphatic rings. The van der Waals surface area contributed by atoms with Crippen molar-refractivity contribution in [1.29, 1.82) is 0 Å². The van der Waals surface area contributed by atoms with Gasteiger partial charge in [0.1, 0.15) is 0 Å². The van der Waals surface area contributed by atoms with Crippen molar-refractivity contribution in [2.75, 3.05) is 24.6 Å². The van der Waals surface area contributed by atoms with Gasteiger partial charge in [0, 0.05) is 24.7 Å². The summed E-state index contributed by atoms with van der Waals surface area (Å²) in [5, 5.41) is 0. The van der Waals surface area contributed by atoms with Crippen LogP contribution >= 0.6 is 0 Å². The number of nitrogens with zero attached hydrogens (tertiary/aromatic N) is 1. The topological polar surface area (TPSA) is 84.9 Å². The zero-order valence-corrected chi connectivity index (χ0v) is 18.1. The molecule has 7 nitrogen and oxygen atoms in total. The van der Waals surface area contributed by atoms with E-state index in [-0.39, 0.29) is 17.6 Å². The molecule has 2 aliphatic heterocycles. The molecule has 5 rings (SSSR count). The van der Waals surface area contributed by atoms with Gasteiger partial charge in [-0.1, -0.05) is 25.3 Å². The highest BCUT2D eigenvalue weighted by atomic mass is 32.2. The number of hydrogen-bond donors (Lipinski definition) is 1. The Bertz CT molecular complexity index is 1100. The van der Waals surface area contributed by atoms with Gasteiger partial charge in [-0.05, 0) is 55.0 Å². The van der Waals surface area contributed by atoms with E-state index in [9.17, 15) is 13.2 Å². The summed E-state index contributed by atoms with van der Waals surface area (Å²) < 4.78 is 39.0. The van der Waals surface area contributed by atoms with E-state index in [0.29, 0.717) is 28.7 Å². The lowest BCUT2D eigenvalue weighted by molar-refractivity contribution is 0.0520. The first-order valence-electron chi connectivity index (χ1n) is 10.8. The number of fused-ring (bicyclic) bond motifs is 2. The minimum Gasteiger partial charge on any atom is -0.454 e. The lowest BCUT2D eigenvalue weighted by Crippen LogP contribution is -2.44. The predicted octanol–water partition coefficient (Wildman–Crippen LogP) is 3.87. The second-order valence-corrected chi connectivity index (χ2v) is 10.2. The number of amides is 1. The fraction of sp³-hybridized carbons (Fsp3) is 0.435. The van der Waals surface area contributed by atoms with Crippen molar-refractivity contribution in [3.05, 3.63) is 48.0 Å². The number of carbonyl (C=O) groups excluding carboxylic acids is 1. The number of carbonyl (C=O) groups is 1. The van der Waals surface area contributed by atoms with Crippen LogP contribution in [0.1, 0.15) is 42.5 Å². The maximum absolute atomic E-state index is 13.1. The van der Waals surface area contributed by atoms with Crippen LogP contribution in [0.2, 0.25) is 0 Å². The first kappa shape index (κ1) is 20.2. The smallest absolute Gasteiger partial charge is 0.261 e. The van der Waals surface area contributed by atoms with E-state index < -0.39 is 10.0 Å². The van der Waals surface area contributed by atoms with Crippen LogP contribution in [0.25, 0.3) is 0 Å². The molecule has 2 heterocycles. The normalized spacial score (nSPS) is 22.6. The molecule has 164 valence electrons. The van der Waals surface area contributed by atoms with Crippen LogP contribution in [0, 0.1) is 11.8 Å². The van der Waals surface area contributed by atoms with Crippen LogP contribution in [0.5, 0.6) is 11.5 Å². The molecule has 0 radical (unpaired) electrons. The monoisotopic (exact) mass is 442 g/mol. The summed E-state index contributed by atoms with van der Waals surface area (Å²) in [6, 6.07) is 11.1. The second kappa shape index (κ2) is 8.07. The van der Waals surface area contributed by atoms with Gasteiger partial charge < -0.3 is 14.4 Å². The molecule has 0 unspecified atom stereocenters. The van der Waals surface area contributed by atoms with Crippen LogP contribution in [-0.2, 0) is 10.0 Å². The lowest BCUT2D eigenvalue weighted by Gasteiger charge is -2.41. The first-order chi connectivity index (χ1) is 15.0. The molecule has 1 amide bonds. The van der Waals surface area contributed by atoms with E-state index in [0.717, 1.165) is 25.4 Å². The summed E-state index contributed by atoms with van der Waals surface area (Å²) in [5.74, 6) is 2.29. The lowest BCUT2D eigenvalue weighted by atomic mass is 9.75. The molecule has 2 atom stereocenters. The average molecular weight is 443 g/mol. The molecule has 0 bridgehead atoms. The van der Waals surface area contributed by atoms with Crippen molar-refractivity contribution < 1.29 is 22.7 Å². The van der Waals surface area contributed by atoms with Crippen LogP contribution in [0.3, 0.4) is 0 Å². The van der Waals surface area contributed by atoms with E-state index in [1.807, 2.05) is 4.90 Å². The van der Waals surface area contributed by atoms with Gasteiger partial charge in [0.05, 0.1) is 10.6 Å². The standard InChI is InChI=1S/C23H26N2O5S/c26-23(25-11-10-16-4-1-2-5-18(16)14-25)17-6-3-7-20(12-17)31(27,28)24-19-8-9-21-22(13-19)30-15-29-21/h3,6-9,12-13,16,18,24H,1-2,4-5,10-11,14-15H2/t16-,18-/m0/s1. The van der Waals surface area contributed by atoms with Crippen LogP contribution < -0.4 is 14.2 Å². The van der Waals surface area contributed by atoms with Crippen molar-refractivity contribution >= 4 is 21.6 Å². The maximum Gasteiger partial charge on any atom is 0.261 e. The van der Waals surface area contributed by atoms with Crippen LogP contribution in [-0.4, -0.2) is 39.1 Å². The quantitative estimate of drug-likeness (QED) is 0.777. The molecular weight excluding hydrogens is 416 g/mol. The predicted molar refractivity (Wildman–Crippen MR) is 116 cm³/mol. The average Bonchev–Trinajstić information content (AvgIpc) is 3.26. The van der Waals surface area contributed by atoms with Crippen LogP contribution in [0.4, 0.5) is 5.69 Å². The van der Waals surface area contributed by atoms with Crippen molar-refractivity contribution in [2.24, 2.45) is 11.8 Å². The number of ether oxygens (including phenoxy) is 2. The number of likely N-dealkylation sites (tertiary alicyclic amines) is 1. The Kier molecular flexibility index (Phi) is 5.25. The summed E-state index contributed by atoms with van der Waals surface area (Å²) in [6.45, 7) is 1.64. The Morgan fingerprint density at radius 1 is 0.968 bits per heavy atom. The molecule has 0 aromatic heterocycles. The van der Waals surface area contributed by atoms with Gasteiger partial charge in [-0.2, -0.15) is 0 Å². The minimum atomic E-state index is -3.85. The SMILES string of the molecule is O=C(c1cccc(S(=O)(=O)Nc2ccc3c(c2)OCO3)c1)N1CC[C@@H]2CCCC[C@H]2C1. The Morgan fingerprint density at radius 2 is 1.77 bits per heavy atom. The molecule has 1 saturated heterocycles. The third-order valence-electron chi connectivity index (χ3n) is 6.59. The number of hydrogen-bond acceptors (Lipinski definition) is 5. The van der Waals surface area contributed by atoms with E-state index in [4.69, 9.17) is 9.47 Å². The summed E-state index contributed by atoms with van der Waals surface area (Å²) in [4.78, 5) is 15.1. The first-order valence-corrected chi connectivity index (χ1v) is 12.3. The highest BCUT2D eigenvalue weighted by molar-refractivity contribution is 7.92. The van der Waals surface area contributed by atoms with Gasteiger partial charge in [-0.25, -0.2) is 8.42 Å². The highest BCUT2D eigenvalue weighted by Gasteiger charge is 2.33. The zero-order chi connectivity index (χ0) is 21.4.